The molecule has 98 valence electrons. The molecule has 1 aromatic carbocycles. The fourth-order valence-electron chi connectivity index (χ4n) is 2.69. The molecule has 0 radical (unpaired) electrons. The van der Waals surface area contributed by atoms with E-state index in [2.05, 4.69) is 12.2 Å². The van der Waals surface area contributed by atoms with Crippen LogP contribution in [0.3, 0.4) is 0 Å². The first-order chi connectivity index (χ1) is 8.59. The lowest BCUT2D eigenvalue weighted by atomic mass is 9.98. The number of carbonyl (C=O) groups excluding carboxylic acids is 1. The van der Waals surface area contributed by atoms with Crippen LogP contribution in [0.25, 0.3) is 0 Å². The van der Waals surface area contributed by atoms with Gasteiger partial charge in [-0.25, -0.2) is 0 Å². The summed E-state index contributed by atoms with van der Waals surface area (Å²) < 4.78 is 0. The lowest BCUT2D eigenvalue weighted by Gasteiger charge is -2.16. The number of phenols is 1. The van der Waals surface area contributed by atoms with Crippen LogP contribution in [0.1, 0.15) is 42.1 Å². The molecule has 1 amide bonds. The number of aryl methyl sites for hydroxylation is 1. The third kappa shape index (κ3) is 2.66. The highest BCUT2D eigenvalue weighted by Gasteiger charge is 2.24. The lowest BCUT2D eigenvalue weighted by molar-refractivity contribution is 0.0942. The van der Waals surface area contributed by atoms with E-state index in [-0.39, 0.29) is 11.7 Å². The molecule has 0 aromatic heterocycles. The van der Waals surface area contributed by atoms with E-state index in [9.17, 15) is 9.90 Å². The second-order valence-corrected chi connectivity index (χ2v) is 5.35. The van der Waals surface area contributed by atoms with Gasteiger partial charge in [-0.3, -0.25) is 4.79 Å². The fraction of sp³-hybridized carbons (Fsp3) is 0.533. The average molecular weight is 247 g/mol. The van der Waals surface area contributed by atoms with Gasteiger partial charge in [-0.2, -0.15) is 0 Å². The third-order valence-corrected chi connectivity index (χ3v) is 4.05. The monoisotopic (exact) mass is 247 g/mol. The first-order valence-corrected chi connectivity index (χ1v) is 6.66. The second kappa shape index (κ2) is 5.42. The van der Waals surface area contributed by atoms with E-state index in [0.29, 0.717) is 23.9 Å². The molecule has 3 heteroatoms. The van der Waals surface area contributed by atoms with Crippen LogP contribution in [0.5, 0.6) is 5.75 Å². The lowest BCUT2D eigenvalue weighted by Crippen LogP contribution is -2.30. The maximum absolute atomic E-state index is 12.0. The predicted octanol–water partition coefficient (Wildman–Crippen LogP) is 2.87. The SMILES string of the molecule is Cc1cccc(C(=O)NCC2CCCC2C)c1O. The van der Waals surface area contributed by atoms with Crippen LogP contribution in [0.4, 0.5) is 0 Å². The number of nitrogens with one attached hydrogen (secondary N) is 1. The summed E-state index contributed by atoms with van der Waals surface area (Å²) in [6.45, 7) is 4.76. The molecule has 1 fully saturated rings. The zero-order valence-corrected chi connectivity index (χ0v) is 11.1. The highest BCUT2D eigenvalue weighted by molar-refractivity contribution is 5.97. The van der Waals surface area contributed by atoms with Gasteiger partial charge in [-0.05, 0) is 36.8 Å². The maximum Gasteiger partial charge on any atom is 0.255 e. The smallest absolute Gasteiger partial charge is 0.255 e. The molecule has 2 atom stereocenters. The number of hydrogen-bond acceptors (Lipinski definition) is 2. The van der Waals surface area contributed by atoms with Gasteiger partial charge in [0.25, 0.3) is 5.91 Å². The molecular formula is C15H21NO2. The van der Waals surface area contributed by atoms with E-state index < -0.39 is 0 Å². The number of carbonyl (C=O) groups is 1. The quantitative estimate of drug-likeness (QED) is 0.863. The van der Waals surface area contributed by atoms with Crippen LogP contribution in [0, 0.1) is 18.8 Å². The Kier molecular flexibility index (Phi) is 3.90. The Balaban J connectivity index is 1.97. The minimum absolute atomic E-state index is 0.0921. The van der Waals surface area contributed by atoms with Gasteiger partial charge in [0, 0.05) is 6.54 Å². The molecule has 0 heterocycles. The molecule has 2 N–H and O–H groups in total. The van der Waals surface area contributed by atoms with E-state index in [1.807, 2.05) is 0 Å². The summed E-state index contributed by atoms with van der Waals surface area (Å²) in [6, 6.07) is 5.25. The van der Waals surface area contributed by atoms with Crippen LogP contribution >= 0.6 is 0 Å². The summed E-state index contributed by atoms with van der Waals surface area (Å²) in [4.78, 5) is 12.0. The average Bonchev–Trinajstić information content (AvgIpc) is 2.75. The molecule has 1 aliphatic carbocycles. The maximum atomic E-state index is 12.0. The summed E-state index contributed by atoms with van der Waals surface area (Å²) in [6.07, 6.45) is 3.72. The number of aromatic hydroxyl groups is 1. The first kappa shape index (κ1) is 12.9. The molecule has 0 aliphatic heterocycles. The van der Waals surface area contributed by atoms with Crippen molar-refractivity contribution in [2.75, 3.05) is 6.54 Å². The molecule has 18 heavy (non-hydrogen) atoms. The number of rotatable bonds is 3. The van der Waals surface area contributed by atoms with Gasteiger partial charge in [-0.1, -0.05) is 31.9 Å². The van der Waals surface area contributed by atoms with Gasteiger partial charge in [0.1, 0.15) is 5.75 Å². The van der Waals surface area contributed by atoms with Crippen molar-refractivity contribution >= 4 is 5.91 Å². The van der Waals surface area contributed by atoms with E-state index in [1.54, 1.807) is 25.1 Å². The molecule has 0 bridgehead atoms. The number of hydrogen-bond donors (Lipinski definition) is 2. The highest BCUT2D eigenvalue weighted by atomic mass is 16.3. The van der Waals surface area contributed by atoms with Gasteiger partial charge >= 0.3 is 0 Å². The van der Waals surface area contributed by atoms with E-state index in [0.717, 1.165) is 5.56 Å². The van der Waals surface area contributed by atoms with E-state index in [1.165, 1.54) is 19.3 Å². The van der Waals surface area contributed by atoms with Gasteiger partial charge < -0.3 is 10.4 Å². The molecule has 2 unspecified atom stereocenters. The van der Waals surface area contributed by atoms with Crippen LogP contribution in [-0.2, 0) is 0 Å². The summed E-state index contributed by atoms with van der Waals surface area (Å²) in [5.41, 5.74) is 1.11. The first-order valence-electron chi connectivity index (χ1n) is 6.66. The normalized spacial score (nSPS) is 23.0. The molecule has 1 aliphatic rings. The van der Waals surface area contributed by atoms with Gasteiger partial charge in [0.15, 0.2) is 0 Å². The predicted molar refractivity (Wildman–Crippen MR) is 71.7 cm³/mol. The van der Waals surface area contributed by atoms with Crippen molar-refractivity contribution < 1.29 is 9.90 Å². The Hall–Kier alpha value is -1.51. The summed E-state index contributed by atoms with van der Waals surface area (Å²) in [7, 11) is 0. The Morgan fingerprint density at radius 3 is 2.89 bits per heavy atom. The molecule has 0 spiro atoms. The number of amides is 1. The zero-order chi connectivity index (χ0) is 13.1. The van der Waals surface area contributed by atoms with Crippen molar-refractivity contribution in [2.24, 2.45) is 11.8 Å². The van der Waals surface area contributed by atoms with Gasteiger partial charge in [0.2, 0.25) is 0 Å². The van der Waals surface area contributed by atoms with Crippen LogP contribution in [0.2, 0.25) is 0 Å². The van der Waals surface area contributed by atoms with Crippen LogP contribution in [-0.4, -0.2) is 17.6 Å². The summed E-state index contributed by atoms with van der Waals surface area (Å²) in [5.74, 6) is 1.20. The summed E-state index contributed by atoms with van der Waals surface area (Å²) in [5, 5.41) is 12.8. The molecular weight excluding hydrogens is 226 g/mol. The molecule has 1 saturated carbocycles. The Labute approximate surface area is 108 Å². The van der Waals surface area contributed by atoms with Crippen molar-refractivity contribution in [3.05, 3.63) is 29.3 Å². The van der Waals surface area contributed by atoms with Crippen molar-refractivity contribution in [3.8, 4) is 5.75 Å². The van der Waals surface area contributed by atoms with Crippen molar-refractivity contribution in [2.45, 2.75) is 33.1 Å². The van der Waals surface area contributed by atoms with Crippen molar-refractivity contribution in [1.82, 2.24) is 5.32 Å². The largest absolute Gasteiger partial charge is 0.507 e. The molecule has 2 rings (SSSR count). The van der Waals surface area contributed by atoms with E-state index in [4.69, 9.17) is 0 Å². The number of benzene rings is 1. The van der Waals surface area contributed by atoms with Crippen molar-refractivity contribution in [1.29, 1.82) is 0 Å². The standard InChI is InChI=1S/C15H21NO2/c1-10-5-3-7-12(10)9-16-15(18)13-8-4-6-11(2)14(13)17/h4,6,8,10,12,17H,3,5,7,9H2,1-2H3,(H,16,18). The Bertz CT molecular complexity index is 442. The summed E-state index contributed by atoms with van der Waals surface area (Å²) >= 11 is 0. The van der Waals surface area contributed by atoms with Gasteiger partial charge in [-0.15, -0.1) is 0 Å². The molecule has 1 aromatic rings. The number of phenolic OH excluding ortho intramolecular Hbond substituents is 1. The number of para-hydroxylation sites is 1. The van der Waals surface area contributed by atoms with Gasteiger partial charge in [0.05, 0.1) is 5.56 Å². The topological polar surface area (TPSA) is 49.3 Å². The third-order valence-electron chi connectivity index (χ3n) is 4.05. The molecule has 0 saturated heterocycles. The molecule has 3 nitrogen and oxygen atoms in total. The fourth-order valence-corrected chi connectivity index (χ4v) is 2.69. The van der Waals surface area contributed by atoms with Crippen LogP contribution in [0.15, 0.2) is 18.2 Å². The van der Waals surface area contributed by atoms with Crippen molar-refractivity contribution in [3.63, 3.8) is 0 Å². The minimum Gasteiger partial charge on any atom is -0.507 e. The van der Waals surface area contributed by atoms with E-state index >= 15 is 0 Å². The Morgan fingerprint density at radius 2 is 2.22 bits per heavy atom. The van der Waals surface area contributed by atoms with Crippen LogP contribution < -0.4 is 5.32 Å². The zero-order valence-electron chi connectivity index (χ0n) is 11.1. The second-order valence-electron chi connectivity index (χ2n) is 5.35. The minimum atomic E-state index is -0.171. The Morgan fingerprint density at radius 1 is 1.44 bits per heavy atom. The highest BCUT2D eigenvalue weighted by Crippen LogP contribution is 2.30.